The number of rotatable bonds is 6. The zero-order valence-electron chi connectivity index (χ0n) is 13.4. The molecule has 0 aliphatic heterocycles. The molecule has 0 N–H and O–H groups in total. The van der Waals surface area contributed by atoms with Crippen molar-refractivity contribution in [2.75, 3.05) is 0 Å². The molecule has 0 radical (unpaired) electrons. The Kier molecular flexibility index (Phi) is 5.53. The second-order valence-electron chi connectivity index (χ2n) is 5.50. The zero-order valence-corrected chi connectivity index (χ0v) is 15.0. The number of unbranched alkanes of at least 4 members (excludes halogenated alkanes) is 1. The lowest BCUT2D eigenvalue weighted by Gasteiger charge is -2.12. The number of benzene rings is 1. The molecule has 1 aromatic carbocycles. The van der Waals surface area contributed by atoms with Crippen LogP contribution in [0.15, 0.2) is 52.5 Å². The number of para-hydroxylation sites is 1. The summed E-state index contributed by atoms with van der Waals surface area (Å²) < 4.78 is 1.79. The first-order valence-electron chi connectivity index (χ1n) is 7.92. The maximum atomic E-state index is 12.8. The third-order valence-corrected chi connectivity index (χ3v) is 4.99. The van der Waals surface area contributed by atoms with Crippen molar-refractivity contribution in [3.05, 3.63) is 63.7 Å². The van der Waals surface area contributed by atoms with Gasteiger partial charge in [0.2, 0.25) is 0 Å². The van der Waals surface area contributed by atoms with E-state index in [9.17, 15) is 4.79 Å². The van der Waals surface area contributed by atoms with Crippen molar-refractivity contribution in [2.24, 2.45) is 0 Å². The number of hydrogen-bond acceptors (Lipinski definition) is 4. The quantitative estimate of drug-likeness (QED) is 0.368. The summed E-state index contributed by atoms with van der Waals surface area (Å²) in [6.45, 7) is 2.81. The highest BCUT2D eigenvalue weighted by Crippen LogP contribution is 2.22. The van der Waals surface area contributed by atoms with Crippen LogP contribution in [0.1, 0.15) is 25.3 Å². The number of fused-ring (bicyclic) bond motifs is 1. The number of nitrogens with zero attached hydrogens (tertiary/aromatic N) is 3. The molecule has 0 aliphatic rings. The Morgan fingerprint density at radius 3 is 2.79 bits per heavy atom. The van der Waals surface area contributed by atoms with Crippen molar-refractivity contribution in [1.82, 2.24) is 14.5 Å². The van der Waals surface area contributed by atoms with E-state index >= 15 is 0 Å². The van der Waals surface area contributed by atoms with Gasteiger partial charge in [-0.05, 0) is 30.2 Å². The lowest BCUT2D eigenvalue weighted by Crippen LogP contribution is -2.23. The van der Waals surface area contributed by atoms with Gasteiger partial charge < -0.3 is 0 Å². The van der Waals surface area contributed by atoms with Crippen molar-refractivity contribution in [3.8, 4) is 0 Å². The number of aromatic nitrogens is 3. The Morgan fingerprint density at radius 1 is 1.21 bits per heavy atom. The van der Waals surface area contributed by atoms with E-state index in [2.05, 4.69) is 11.9 Å². The van der Waals surface area contributed by atoms with Crippen LogP contribution < -0.4 is 5.56 Å². The minimum Gasteiger partial charge on any atom is -0.287 e. The third kappa shape index (κ3) is 3.79. The van der Waals surface area contributed by atoms with Crippen LogP contribution in [0.2, 0.25) is 5.15 Å². The van der Waals surface area contributed by atoms with Crippen LogP contribution in [0, 0.1) is 0 Å². The fraction of sp³-hybridized carbons (Fsp3) is 0.278. The normalized spacial score (nSPS) is 11.1. The highest BCUT2D eigenvalue weighted by molar-refractivity contribution is 7.98. The standard InChI is InChI=1S/C18H18ClN3OS/c1-2-3-10-22-17(23)14-6-4-5-7-15(14)21-18(22)24-12-13-8-9-16(19)20-11-13/h4-9,11H,2-3,10,12H2,1H3. The Morgan fingerprint density at radius 2 is 2.04 bits per heavy atom. The lowest BCUT2D eigenvalue weighted by atomic mass is 10.2. The van der Waals surface area contributed by atoms with Gasteiger partial charge in [0, 0.05) is 18.5 Å². The summed E-state index contributed by atoms with van der Waals surface area (Å²) >= 11 is 7.38. The summed E-state index contributed by atoms with van der Waals surface area (Å²) in [6, 6.07) is 11.2. The summed E-state index contributed by atoms with van der Waals surface area (Å²) in [7, 11) is 0. The van der Waals surface area contributed by atoms with E-state index in [0.29, 0.717) is 22.8 Å². The lowest BCUT2D eigenvalue weighted by molar-refractivity contribution is 0.557. The second kappa shape index (κ2) is 7.81. The summed E-state index contributed by atoms with van der Waals surface area (Å²) in [5.74, 6) is 0.696. The average Bonchev–Trinajstić information content (AvgIpc) is 2.61. The first-order chi connectivity index (χ1) is 11.7. The number of pyridine rings is 1. The molecule has 2 heterocycles. The Balaban J connectivity index is 1.95. The van der Waals surface area contributed by atoms with Crippen molar-refractivity contribution < 1.29 is 0 Å². The molecule has 0 amide bonds. The van der Waals surface area contributed by atoms with Gasteiger partial charge in [-0.2, -0.15) is 0 Å². The van der Waals surface area contributed by atoms with Crippen molar-refractivity contribution in [1.29, 1.82) is 0 Å². The van der Waals surface area contributed by atoms with E-state index in [-0.39, 0.29) is 5.56 Å². The molecule has 24 heavy (non-hydrogen) atoms. The molecule has 0 fully saturated rings. The molecule has 124 valence electrons. The van der Waals surface area contributed by atoms with E-state index < -0.39 is 0 Å². The first-order valence-corrected chi connectivity index (χ1v) is 9.28. The topological polar surface area (TPSA) is 47.8 Å². The van der Waals surface area contributed by atoms with E-state index in [4.69, 9.17) is 16.6 Å². The Labute approximate surface area is 149 Å². The molecule has 0 aliphatic carbocycles. The van der Waals surface area contributed by atoms with Crippen LogP contribution in [0.5, 0.6) is 0 Å². The van der Waals surface area contributed by atoms with Gasteiger partial charge in [-0.15, -0.1) is 0 Å². The number of hydrogen-bond donors (Lipinski definition) is 0. The van der Waals surface area contributed by atoms with Gasteiger partial charge in [0.05, 0.1) is 10.9 Å². The summed E-state index contributed by atoms with van der Waals surface area (Å²) in [5, 5.41) is 1.90. The smallest absolute Gasteiger partial charge is 0.262 e. The van der Waals surface area contributed by atoms with Crippen LogP contribution in [-0.4, -0.2) is 14.5 Å². The van der Waals surface area contributed by atoms with Crippen molar-refractivity contribution in [2.45, 2.75) is 37.2 Å². The zero-order chi connectivity index (χ0) is 16.9. The van der Waals surface area contributed by atoms with E-state index in [0.717, 1.165) is 29.1 Å². The van der Waals surface area contributed by atoms with Gasteiger partial charge in [-0.25, -0.2) is 9.97 Å². The molecule has 0 saturated carbocycles. The van der Waals surface area contributed by atoms with Gasteiger partial charge in [0.15, 0.2) is 5.16 Å². The fourth-order valence-corrected chi connectivity index (χ4v) is 3.48. The predicted octanol–water partition coefficient (Wildman–Crippen LogP) is 4.54. The van der Waals surface area contributed by atoms with Crippen LogP contribution in [0.25, 0.3) is 10.9 Å². The minimum absolute atomic E-state index is 0.0331. The van der Waals surface area contributed by atoms with Gasteiger partial charge in [-0.1, -0.05) is 54.9 Å². The third-order valence-electron chi connectivity index (χ3n) is 3.72. The SMILES string of the molecule is CCCCn1c(SCc2ccc(Cl)nc2)nc2ccccc2c1=O. The van der Waals surface area contributed by atoms with Gasteiger partial charge >= 0.3 is 0 Å². The molecule has 0 atom stereocenters. The molecule has 0 saturated heterocycles. The number of thioether (sulfide) groups is 1. The van der Waals surface area contributed by atoms with Crippen molar-refractivity contribution in [3.63, 3.8) is 0 Å². The molecule has 2 aromatic heterocycles. The van der Waals surface area contributed by atoms with E-state index in [1.165, 1.54) is 0 Å². The maximum absolute atomic E-state index is 12.8. The highest BCUT2D eigenvalue weighted by Gasteiger charge is 2.11. The largest absolute Gasteiger partial charge is 0.287 e. The molecule has 4 nitrogen and oxygen atoms in total. The maximum Gasteiger partial charge on any atom is 0.262 e. The van der Waals surface area contributed by atoms with Crippen molar-refractivity contribution >= 4 is 34.3 Å². The molecule has 0 spiro atoms. The molecule has 3 rings (SSSR count). The fourth-order valence-electron chi connectivity index (χ4n) is 2.41. The van der Waals surface area contributed by atoms with Gasteiger partial charge in [0.25, 0.3) is 5.56 Å². The van der Waals surface area contributed by atoms with Crippen LogP contribution in [0.4, 0.5) is 0 Å². The summed E-state index contributed by atoms with van der Waals surface area (Å²) in [6.07, 6.45) is 3.74. The van der Waals surface area contributed by atoms with Gasteiger partial charge in [-0.3, -0.25) is 9.36 Å². The molecule has 6 heteroatoms. The summed E-state index contributed by atoms with van der Waals surface area (Å²) in [4.78, 5) is 21.6. The molecule has 3 aromatic rings. The minimum atomic E-state index is 0.0331. The Hall–Kier alpha value is -1.85. The van der Waals surface area contributed by atoms with Crippen LogP contribution >= 0.6 is 23.4 Å². The predicted molar refractivity (Wildman–Crippen MR) is 99.7 cm³/mol. The molecule has 0 unspecified atom stereocenters. The summed E-state index contributed by atoms with van der Waals surface area (Å²) in [5.41, 5.74) is 1.83. The van der Waals surface area contributed by atoms with E-state index in [1.54, 1.807) is 28.6 Å². The molecule has 0 bridgehead atoms. The highest BCUT2D eigenvalue weighted by atomic mass is 35.5. The Bertz CT molecular complexity index is 893. The van der Waals surface area contributed by atoms with Crippen LogP contribution in [-0.2, 0) is 12.3 Å². The first kappa shape index (κ1) is 17.0. The molecular formula is C18H18ClN3OS. The number of halogens is 1. The van der Waals surface area contributed by atoms with Gasteiger partial charge in [0.1, 0.15) is 5.15 Å². The average molecular weight is 360 g/mol. The second-order valence-corrected chi connectivity index (χ2v) is 6.83. The van der Waals surface area contributed by atoms with Crippen LogP contribution in [0.3, 0.4) is 0 Å². The van der Waals surface area contributed by atoms with E-state index in [1.807, 2.05) is 30.3 Å². The monoisotopic (exact) mass is 359 g/mol. The molecular weight excluding hydrogens is 342 g/mol.